The largest absolute Gasteiger partial charge is 0.316 e. The fourth-order valence-electron chi connectivity index (χ4n) is 1.61. The molecule has 15 heavy (non-hydrogen) atoms. The number of hydrogen-bond donors (Lipinski definition) is 0. The van der Waals surface area contributed by atoms with Crippen LogP contribution in [0.25, 0.3) is 10.9 Å². The Labute approximate surface area is 86.3 Å². The normalized spacial score (nSPS) is 10.6. The maximum Gasteiger partial charge on any atom is 0.269 e. The molecule has 3 nitrogen and oxygen atoms in total. The van der Waals surface area contributed by atoms with E-state index in [0.29, 0.717) is 10.9 Å². The van der Waals surface area contributed by atoms with Crippen LogP contribution in [0.15, 0.2) is 35.1 Å². The number of fused-ring (bicyclic) bond motifs is 1. The van der Waals surface area contributed by atoms with Gasteiger partial charge in [-0.3, -0.25) is 4.79 Å². The molecule has 0 atom stereocenters. The lowest BCUT2D eigenvalue weighted by atomic mass is 10.2. The average molecular weight is 206 g/mol. The van der Waals surface area contributed by atoms with Gasteiger partial charge in [0.05, 0.1) is 5.52 Å². The summed E-state index contributed by atoms with van der Waals surface area (Å²) in [7, 11) is 3.54. The Bertz CT molecular complexity index is 560. The van der Waals surface area contributed by atoms with E-state index < -0.39 is 0 Å². The van der Waals surface area contributed by atoms with Crippen molar-refractivity contribution < 1.29 is 4.39 Å². The molecule has 78 valence electrons. The first-order chi connectivity index (χ1) is 7.09. The zero-order valence-electron chi connectivity index (χ0n) is 8.57. The average Bonchev–Trinajstić information content (AvgIpc) is 2.17. The lowest BCUT2D eigenvalue weighted by Crippen LogP contribution is -2.35. The third-order valence-electron chi connectivity index (χ3n) is 2.23. The summed E-state index contributed by atoms with van der Waals surface area (Å²) in [5.41, 5.74) is 0.577. The zero-order valence-corrected chi connectivity index (χ0v) is 8.57. The standard InChI is InChI=1S/C11H11FN2O/c1-13(2)14-10-5-4-9(12)7-8(10)3-6-11(14)15/h3-7H,1-2H3. The van der Waals surface area contributed by atoms with Gasteiger partial charge in [0.2, 0.25) is 0 Å². The molecule has 1 aromatic heterocycles. The predicted octanol–water partition coefficient (Wildman–Crippen LogP) is 1.34. The zero-order chi connectivity index (χ0) is 11.0. The molecule has 0 fully saturated rings. The van der Waals surface area contributed by atoms with Gasteiger partial charge in [-0.2, -0.15) is 0 Å². The SMILES string of the molecule is CN(C)n1c(=O)ccc2cc(F)ccc21. The van der Waals surface area contributed by atoms with Crippen LogP contribution in [0.4, 0.5) is 4.39 Å². The molecule has 0 N–H and O–H groups in total. The molecule has 0 aliphatic rings. The highest BCUT2D eigenvalue weighted by Crippen LogP contribution is 2.13. The molecule has 0 bridgehead atoms. The summed E-state index contributed by atoms with van der Waals surface area (Å²) in [5.74, 6) is -0.300. The smallest absolute Gasteiger partial charge is 0.269 e. The minimum absolute atomic E-state index is 0.126. The van der Waals surface area contributed by atoms with Gasteiger partial charge in [0.1, 0.15) is 5.82 Å². The summed E-state index contributed by atoms with van der Waals surface area (Å²) < 4.78 is 14.5. The molecular weight excluding hydrogens is 195 g/mol. The number of benzene rings is 1. The molecule has 2 rings (SSSR count). The van der Waals surface area contributed by atoms with Crippen molar-refractivity contribution in [3.8, 4) is 0 Å². The van der Waals surface area contributed by atoms with E-state index >= 15 is 0 Å². The summed E-state index contributed by atoms with van der Waals surface area (Å²) in [6, 6.07) is 7.42. The number of halogens is 1. The first kappa shape index (κ1) is 9.71. The fourth-order valence-corrected chi connectivity index (χ4v) is 1.61. The number of aromatic nitrogens is 1. The third-order valence-corrected chi connectivity index (χ3v) is 2.23. The van der Waals surface area contributed by atoms with Crippen molar-refractivity contribution in [3.05, 3.63) is 46.5 Å². The maximum absolute atomic E-state index is 13.0. The van der Waals surface area contributed by atoms with Crippen molar-refractivity contribution >= 4 is 10.9 Å². The van der Waals surface area contributed by atoms with E-state index in [0.717, 1.165) is 0 Å². The van der Waals surface area contributed by atoms with E-state index in [9.17, 15) is 9.18 Å². The van der Waals surface area contributed by atoms with Crippen molar-refractivity contribution in [2.24, 2.45) is 0 Å². The third kappa shape index (κ3) is 1.58. The van der Waals surface area contributed by atoms with Gasteiger partial charge in [0.25, 0.3) is 5.56 Å². The molecule has 4 heteroatoms. The lowest BCUT2D eigenvalue weighted by Gasteiger charge is -2.18. The molecule has 2 aromatic rings. The molecule has 0 spiro atoms. The van der Waals surface area contributed by atoms with Gasteiger partial charge in [-0.1, -0.05) is 0 Å². The highest BCUT2D eigenvalue weighted by Gasteiger charge is 2.04. The minimum atomic E-state index is -0.300. The minimum Gasteiger partial charge on any atom is -0.316 e. The van der Waals surface area contributed by atoms with Gasteiger partial charge in [-0.15, -0.1) is 0 Å². The van der Waals surface area contributed by atoms with Crippen molar-refractivity contribution in [2.45, 2.75) is 0 Å². The predicted molar refractivity (Wildman–Crippen MR) is 58.2 cm³/mol. The molecule has 1 heterocycles. The molecule has 0 unspecified atom stereocenters. The van der Waals surface area contributed by atoms with Crippen molar-refractivity contribution in [1.82, 2.24) is 4.68 Å². The fraction of sp³-hybridized carbons (Fsp3) is 0.182. The summed E-state index contributed by atoms with van der Waals surface area (Å²) in [6.45, 7) is 0. The highest BCUT2D eigenvalue weighted by atomic mass is 19.1. The summed E-state index contributed by atoms with van der Waals surface area (Å²) in [5, 5.41) is 2.38. The topological polar surface area (TPSA) is 25.2 Å². The highest BCUT2D eigenvalue weighted by molar-refractivity contribution is 5.79. The molecule has 0 aliphatic carbocycles. The van der Waals surface area contributed by atoms with Crippen molar-refractivity contribution in [3.63, 3.8) is 0 Å². The second kappa shape index (κ2) is 3.38. The lowest BCUT2D eigenvalue weighted by molar-refractivity contribution is 0.628. The Morgan fingerprint density at radius 3 is 2.60 bits per heavy atom. The van der Waals surface area contributed by atoms with Gasteiger partial charge >= 0.3 is 0 Å². The molecule has 1 aromatic carbocycles. The Balaban J connectivity index is 2.88. The quantitative estimate of drug-likeness (QED) is 0.703. The van der Waals surface area contributed by atoms with Crippen LogP contribution in [0.1, 0.15) is 0 Å². The van der Waals surface area contributed by atoms with Crippen LogP contribution in [0.3, 0.4) is 0 Å². The molecule has 0 saturated heterocycles. The Morgan fingerprint density at radius 2 is 1.93 bits per heavy atom. The number of nitrogens with zero attached hydrogens (tertiary/aromatic N) is 2. The molecule has 0 saturated carbocycles. The molecule has 0 aliphatic heterocycles. The molecule has 0 radical (unpaired) electrons. The second-order valence-corrected chi connectivity index (χ2v) is 3.53. The Hall–Kier alpha value is -1.84. The Morgan fingerprint density at radius 1 is 1.20 bits per heavy atom. The van der Waals surface area contributed by atoms with E-state index in [2.05, 4.69) is 0 Å². The van der Waals surface area contributed by atoms with E-state index in [4.69, 9.17) is 0 Å². The summed E-state index contributed by atoms with van der Waals surface area (Å²) >= 11 is 0. The number of rotatable bonds is 1. The number of hydrogen-bond acceptors (Lipinski definition) is 2. The van der Waals surface area contributed by atoms with Crippen molar-refractivity contribution in [1.29, 1.82) is 0 Å². The maximum atomic E-state index is 13.0. The van der Waals surface area contributed by atoms with Crippen LogP contribution in [0, 0.1) is 5.82 Å². The van der Waals surface area contributed by atoms with Crippen LogP contribution in [-0.2, 0) is 0 Å². The van der Waals surface area contributed by atoms with E-state index in [1.165, 1.54) is 22.9 Å². The van der Waals surface area contributed by atoms with Crippen LogP contribution in [-0.4, -0.2) is 18.8 Å². The Kier molecular flexibility index (Phi) is 2.19. The molecule has 0 amide bonds. The van der Waals surface area contributed by atoms with Gasteiger partial charge in [0, 0.05) is 25.5 Å². The van der Waals surface area contributed by atoms with Gasteiger partial charge in [-0.05, 0) is 24.3 Å². The van der Waals surface area contributed by atoms with Gasteiger partial charge in [0.15, 0.2) is 0 Å². The van der Waals surface area contributed by atoms with E-state index in [-0.39, 0.29) is 11.4 Å². The van der Waals surface area contributed by atoms with Gasteiger partial charge < -0.3 is 5.01 Å². The molecular formula is C11H11FN2O. The van der Waals surface area contributed by atoms with Crippen LogP contribution < -0.4 is 10.6 Å². The number of pyridine rings is 1. The summed E-state index contributed by atoms with van der Waals surface area (Å²) in [4.78, 5) is 11.6. The van der Waals surface area contributed by atoms with E-state index in [1.54, 1.807) is 31.2 Å². The van der Waals surface area contributed by atoms with Crippen LogP contribution >= 0.6 is 0 Å². The second-order valence-electron chi connectivity index (χ2n) is 3.53. The van der Waals surface area contributed by atoms with Gasteiger partial charge in [-0.25, -0.2) is 9.07 Å². The first-order valence-electron chi connectivity index (χ1n) is 4.58. The monoisotopic (exact) mass is 206 g/mol. The van der Waals surface area contributed by atoms with Crippen LogP contribution in [0.5, 0.6) is 0 Å². The summed E-state index contributed by atoms with van der Waals surface area (Å²) in [6.07, 6.45) is 0. The van der Waals surface area contributed by atoms with E-state index in [1.807, 2.05) is 0 Å². The van der Waals surface area contributed by atoms with Crippen molar-refractivity contribution in [2.75, 3.05) is 19.1 Å². The first-order valence-corrected chi connectivity index (χ1v) is 4.58. The van der Waals surface area contributed by atoms with Crippen LogP contribution in [0.2, 0.25) is 0 Å².